The van der Waals surface area contributed by atoms with Crippen LogP contribution in [-0.4, -0.2) is 5.78 Å². The van der Waals surface area contributed by atoms with Crippen molar-refractivity contribution in [2.45, 2.75) is 6.92 Å². The quantitative estimate of drug-likeness (QED) is 0.673. The Kier molecular flexibility index (Phi) is 3.66. The molecule has 5 heteroatoms. The average molecular weight is 326 g/mol. The number of nitrogens with two attached hydrogens (primary N) is 1. The van der Waals surface area contributed by atoms with E-state index in [1.165, 1.54) is 0 Å². The Morgan fingerprint density at radius 2 is 1.84 bits per heavy atom. The van der Waals surface area contributed by atoms with Crippen LogP contribution in [0.4, 0.5) is 14.5 Å². The Balaban J connectivity index is 2.56. The number of hydrogen-bond acceptors (Lipinski definition) is 2. The van der Waals surface area contributed by atoms with Crippen molar-refractivity contribution in [3.8, 4) is 0 Å². The Hall–Kier alpha value is -1.75. The minimum absolute atomic E-state index is 0.179. The predicted octanol–water partition coefficient (Wildman–Crippen LogP) is 3.85. The molecule has 0 heterocycles. The molecule has 0 fully saturated rings. The van der Waals surface area contributed by atoms with E-state index < -0.39 is 17.4 Å². The van der Waals surface area contributed by atoms with Gasteiger partial charge in [-0.2, -0.15) is 0 Å². The second-order valence-electron chi connectivity index (χ2n) is 4.12. The number of carbonyl (C=O) groups is 1. The normalized spacial score (nSPS) is 10.5. The maximum atomic E-state index is 13.6. The highest BCUT2D eigenvalue weighted by molar-refractivity contribution is 9.10. The van der Waals surface area contributed by atoms with Crippen LogP contribution in [0.25, 0.3) is 0 Å². The molecular formula is C14H10BrF2NO. The second kappa shape index (κ2) is 5.09. The fourth-order valence-corrected chi connectivity index (χ4v) is 2.23. The molecule has 0 spiro atoms. The Bertz CT molecular complexity index is 671. The minimum atomic E-state index is -0.886. The van der Waals surface area contributed by atoms with Gasteiger partial charge in [0.2, 0.25) is 0 Å². The van der Waals surface area contributed by atoms with E-state index in [1.807, 2.05) is 0 Å². The minimum Gasteiger partial charge on any atom is -0.398 e. The SMILES string of the molecule is Cc1c(N)cc(Br)cc1C(=O)c1ccc(F)cc1F. The highest BCUT2D eigenvalue weighted by Gasteiger charge is 2.18. The molecule has 0 bridgehead atoms. The van der Waals surface area contributed by atoms with E-state index in [1.54, 1.807) is 19.1 Å². The number of nitrogen functional groups attached to an aromatic ring is 1. The molecule has 0 unspecified atom stereocenters. The molecule has 19 heavy (non-hydrogen) atoms. The van der Waals surface area contributed by atoms with E-state index in [9.17, 15) is 13.6 Å². The Labute approximate surface area is 117 Å². The third kappa shape index (κ3) is 2.66. The third-order valence-electron chi connectivity index (χ3n) is 2.83. The summed E-state index contributed by atoms with van der Waals surface area (Å²) < 4.78 is 27.1. The molecule has 0 aliphatic heterocycles. The first-order valence-electron chi connectivity index (χ1n) is 5.45. The van der Waals surface area contributed by atoms with Gasteiger partial charge in [-0.15, -0.1) is 0 Å². The van der Waals surface area contributed by atoms with Crippen molar-refractivity contribution < 1.29 is 13.6 Å². The topological polar surface area (TPSA) is 43.1 Å². The molecule has 2 rings (SSSR count). The van der Waals surface area contributed by atoms with Gasteiger partial charge in [0.1, 0.15) is 11.6 Å². The second-order valence-corrected chi connectivity index (χ2v) is 5.04. The van der Waals surface area contributed by atoms with E-state index in [0.29, 0.717) is 21.8 Å². The van der Waals surface area contributed by atoms with Gasteiger partial charge in [-0.3, -0.25) is 4.79 Å². The monoisotopic (exact) mass is 325 g/mol. The summed E-state index contributed by atoms with van der Waals surface area (Å²) in [5, 5.41) is 0. The zero-order valence-electron chi connectivity index (χ0n) is 10.0. The van der Waals surface area contributed by atoms with E-state index in [0.717, 1.165) is 12.1 Å². The number of rotatable bonds is 2. The van der Waals surface area contributed by atoms with Crippen LogP contribution >= 0.6 is 15.9 Å². The first-order chi connectivity index (χ1) is 8.90. The van der Waals surface area contributed by atoms with Gasteiger partial charge in [-0.25, -0.2) is 8.78 Å². The van der Waals surface area contributed by atoms with Gasteiger partial charge in [0.05, 0.1) is 5.56 Å². The first kappa shape index (κ1) is 13.7. The van der Waals surface area contributed by atoms with Crippen molar-refractivity contribution in [3.05, 3.63) is 63.1 Å². The van der Waals surface area contributed by atoms with Crippen LogP contribution in [0.15, 0.2) is 34.8 Å². The molecule has 0 saturated heterocycles. The fourth-order valence-electron chi connectivity index (χ4n) is 1.75. The van der Waals surface area contributed by atoms with Crippen molar-refractivity contribution in [1.82, 2.24) is 0 Å². The molecule has 0 atom stereocenters. The molecule has 2 aromatic carbocycles. The van der Waals surface area contributed by atoms with Crippen molar-refractivity contribution in [2.75, 3.05) is 5.73 Å². The van der Waals surface area contributed by atoms with Crippen LogP contribution in [0, 0.1) is 18.6 Å². The lowest BCUT2D eigenvalue weighted by atomic mass is 9.97. The van der Waals surface area contributed by atoms with Gasteiger partial charge in [0.25, 0.3) is 0 Å². The lowest BCUT2D eigenvalue weighted by molar-refractivity contribution is 0.103. The number of hydrogen-bond donors (Lipinski definition) is 1. The molecule has 0 aromatic heterocycles. The number of halogens is 3. The van der Waals surface area contributed by atoms with Gasteiger partial charge < -0.3 is 5.73 Å². The highest BCUT2D eigenvalue weighted by atomic mass is 79.9. The van der Waals surface area contributed by atoms with Crippen LogP contribution in [0.5, 0.6) is 0 Å². The van der Waals surface area contributed by atoms with Crippen molar-refractivity contribution in [2.24, 2.45) is 0 Å². The molecule has 2 nitrogen and oxygen atoms in total. The molecule has 98 valence electrons. The molecule has 0 saturated carbocycles. The summed E-state index contributed by atoms with van der Waals surface area (Å²) in [4.78, 5) is 12.3. The van der Waals surface area contributed by atoms with Crippen molar-refractivity contribution in [1.29, 1.82) is 0 Å². The van der Waals surface area contributed by atoms with Gasteiger partial charge in [0.15, 0.2) is 5.78 Å². The van der Waals surface area contributed by atoms with Crippen molar-refractivity contribution >= 4 is 27.4 Å². The summed E-state index contributed by atoms with van der Waals surface area (Å²) in [5.41, 5.74) is 6.87. The number of anilines is 1. The Morgan fingerprint density at radius 1 is 1.16 bits per heavy atom. The zero-order chi connectivity index (χ0) is 14.2. The van der Waals surface area contributed by atoms with Gasteiger partial charge >= 0.3 is 0 Å². The van der Waals surface area contributed by atoms with E-state index in [4.69, 9.17) is 5.73 Å². The largest absolute Gasteiger partial charge is 0.398 e. The fraction of sp³-hybridized carbons (Fsp3) is 0.0714. The van der Waals surface area contributed by atoms with Crippen LogP contribution in [-0.2, 0) is 0 Å². The summed E-state index contributed by atoms with van der Waals surface area (Å²) in [6, 6.07) is 6.09. The van der Waals surface area contributed by atoms with Crippen LogP contribution in [0.2, 0.25) is 0 Å². The van der Waals surface area contributed by atoms with Gasteiger partial charge in [0, 0.05) is 21.8 Å². The Morgan fingerprint density at radius 3 is 2.47 bits per heavy atom. The number of ketones is 1. The number of benzene rings is 2. The van der Waals surface area contributed by atoms with E-state index >= 15 is 0 Å². The third-order valence-corrected chi connectivity index (χ3v) is 3.29. The molecule has 0 aliphatic carbocycles. The molecule has 2 N–H and O–H groups in total. The van der Waals surface area contributed by atoms with Crippen LogP contribution in [0.3, 0.4) is 0 Å². The molecular weight excluding hydrogens is 316 g/mol. The van der Waals surface area contributed by atoms with Crippen LogP contribution in [0.1, 0.15) is 21.5 Å². The summed E-state index contributed by atoms with van der Waals surface area (Å²) in [6.07, 6.45) is 0. The average Bonchev–Trinajstić information content (AvgIpc) is 2.33. The van der Waals surface area contributed by atoms with E-state index in [-0.39, 0.29) is 11.1 Å². The summed E-state index contributed by atoms with van der Waals surface area (Å²) >= 11 is 3.23. The first-order valence-corrected chi connectivity index (χ1v) is 6.25. The summed E-state index contributed by atoms with van der Waals surface area (Å²) in [7, 11) is 0. The molecule has 0 radical (unpaired) electrons. The summed E-state index contributed by atoms with van der Waals surface area (Å²) in [5.74, 6) is -2.13. The maximum absolute atomic E-state index is 13.6. The number of carbonyl (C=O) groups excluding carboxylic acids is 1. The predicted molar refractivity (Wildman–Crippen MR) is 73.1 cm³/mol. The smallest absolute Gasteiger partial charge is 0.196 e. The van der Waals surface area contributed by atoms with E-state index in [2.05, 4.69) is 15.9 Å². The van der Waals surface area contributed by atoms with Crippen molar-refractivity contribution in [3.63, 3.8) is 0 Å². The van der Waals surface area contributed by atoms with Gasteiger partial charge in [-0.05, 0) is 36.8 Å². The lowest BCUT2D eigenvalue weighted by Gasteiger charge is -2.09. The maximum Gasteiger partial charge on any atom is 0.196 e. The standard InChI is InChI=1S/C14H10BrF2NO/c1-7-11(4-8(15)5-13(7)18)14(19)10-3-2-9(16)6-12(10)17/h2-6H,18H2,1H3. The van der Waals surface area contributed by atoms with Gasteiger partial charge in [-0.1, -0.05) is 15.9 Å². The molecule has 0 amide bonds. The summed E-state index contributed by atoms with van der Waals surface area (Å²) in [6.45, 7) is 1.68. The molecule has 0 aliphatic rings. The highest BCUT2D eigenvalue weighted by Crippen LogP contribution is 2.25. The molecule has 2 aromatic rings. The zero-order valence-corrected chi connectivity index (χ0v) is 11.6. The van der Waals surface area contributed by atoms with Crippen LogP contribution < -0.4 is 5.73 Å². The lowest BCUT2D eigenvalue weighted by Crippen LogP contribution is -2.08.